The lowest BCUT2D eigenvalue weighted by atomic mass is 9.85. The number of halogens is 4. The second kappa shape index (κ2) is 9.18. The van der Waals surface area contributed by atoms with Crippen LogP contribution < -0.4 is 10.6 Å². The van der Waals surface area contributed by atoms with Crippen molar-refractivity contribution in [2.45, 2.75) is 63.2 Å². The third kappa shape index (κ3) is 4.89. The van der Waals surface area contributed by atoms with Gasteiger partial charge in [-0.15, -0.1) is 0 Å². The van der Waals surface area contributed by atoms with Gasteiger partial charge in [0.2, 0.25) is 6.10 Å². The van der Waals surface area contributed by atoms with Crippen LogP contribution in [0.5, 0.6) is 5.75 Å². The zero-order valence-corrected chi connectivity index (χ0v) is 18.6. The fourth-order valence-electron chi connectivity index (χ4n) is 3.94. The van der Waals surface area contributed by atoms with E-state index in [0.717, 1.165) is 6.08 Å². The molecule has 7 nitrogen and oxygen atoms in total. The van der Waals surface area contributed by atoms with Gasteiger partial charge in [-0.3, -0.25) is 0 Å². The predicted molar refractivity (Wildman–Crippen MR) is 107 cm³/mol. The SMILES string of the molecule is CC(C)(C)c1cc2c(cc1Cl)C=C(C(=O)OC1COC3CCOC31)C(C(F)(F)F)O2.[NH3+]O. The van der Waals surface area contributed by atoms with E-state index >= 15 is 0 Å². The van der Waals surface area contributed by atoms with E-state index in [2.05, 4.69) is 5.90 Å². The molecule has 1 aromatic carbocycles. The van der Waals surface area contributed by atoms with E-state index in [1.807, 2.05) is 20.8 Å². The molecule has 0 bridgehead atoms. The minimum atomic E-state index is -4.80. The number of fused-ring (bicyclic) bond motifs is 2. The number of hydrogen-bond acceptors (Lipinski definition) is 6. The van der Waals surface area contributed by atoms with Crippen LogP contribution >= 0.6 is 11.6 Å². The van der Waals surface area contributed by atoms with Crippen molar-refractivity contribution in [3.63, 3.8) is 0 Å². The molecule has 0 radical (unpaired) electrons. The molecule has 2 fully saturated rings. The van der Waals surface area contributed by atoms with Gasteiger partial charge < -0.3 is 18.9 Å². The Labute approximate surface area is 188 Å². The normalized spacial score (nSPS) is 26.8. The molecule has 4 atom stereocenters. The molecule has 0 aromatic heterocycles. The highest BCUT2D eigenvalue weighted by molar-refractivity contribution is 6.31. The van der Waals surface area contributed by atoms with Crippen LogP contribution in [0.1, 0.15) is 38.3 Å². The molecule has 4 N–H and O–H groups in total. The van der Waals surface area contributed by atoms with E-state index in [1.54, 1.807) is 0 Å². The molecule has 0 spiro atoms. The minimum absolute atomic E-state index is 0.0200. The fourth-order valence-corrected chi connectivity index (χ4v) is 4.39. The van der Waals surface area contributed by atoms with Crippen LogP contribution in [0.2, 0.25) is 5.02 Å². The van der Waals surface area contributed by atoms with Gasteiger partial charge in [0, 0.05) is 17.2 Å². The highest BCUT2D eigenvalue weighted by Gasteiger charge is 2.51. The summed E-state index contributed by atoms with van der Waals surface area (Å²) in [5, 5.41) is 7.13. The molecular formula is C21H26ClF3NO6+. The minimum Gasteiger partial charge on any atom is -0.475 e. The molecule has 3 aliphatic rings. The quantitative estimate of drug-likeness (QED) is 0.498. The summed E-state index contributed by atoms with van der Waals surface area (Å²) in [5.74, 6) is 1.16. The number of esters is 1. The monoisotopic (exact) mass is 480 g/mol. The summed E-state index contributed by atoms with van der Waals surface area (Å²) in [5.41, 5.74) is -0.0863. The summed E-state index contributed by atoms with van der Waals surface area (Å²) in [6, 6.07) is 3.00. The van der Waals surface area contributed by atoms with Crippen LogP contribution in [0, 0.1) is 0 Å². The summed E-state index contributed by atoms with van der Waals surface area (Å²) in [6.07, 6.45) is -6.85. The lowest BCUT2D eigenvalue weighted by molar-refractivity contribution is -0.670. The van der Waals surface area contributed by atoms with E-state index < -0.39 is 41.4 Å². The van der Waals surface area contributed by atoms with Crippen molar-refractivity contribution < 1.29 is 48.0 Å². The smallest absolute Gasteiger partial charge is 0.430 e. The molecule has 0 saturated carbocycles. The fraction of sp³-hybridized carbons (Fsp3) is 0.571. The number of ether oxygens (including phenoxy) is 4. The third-order valence-corrected chi connectivity index (χ3v) is 5.77. The molecule has 178 valence electrons. The van der Waals surface area contributed by atoms with Gasteiger partial charge in [-0.25, -0.2) is 15.9 Å². The Kier molecular flexibility index (Phi) is 7.11. The number of benzene rings is 1. The van der Waals surface area contributed by atoms with Crippen LogP contribution in [0.25, 0.3) is 6.08 Å². The van der Waals surface area contributed by atoms with Gasteiger partial charge >= 0.3 is 12.1 Å². The van der Waals surface area contributed by atoms with E-state index in [9.17, 15) is 18.0 Å². The average Bonchev–Trinajstić information content (AvgIpc) is 3.31. The number of alkyl halides is 3. The molecule has 32 heavy (non-hydrogen) atoms. The van der Waals surface area contributed by atoms with Crippen molar-refractivity contribution >= 4 is 23.6 Å². The maximum absolute atomic E-state index is 13.7. The Morgan fingerprint density at radius 3 is 2.53 bits per heavy atom. The molecule has 4 unspecified atom stereocenters. The Morgan fingerprint density at radius 1 is 1.22 bits per heavy atom. The molecular weight excluding hydrogens is 455 g/mol. The van der Waals surface area contributed by atoms with Crippen molar-refractivity contribution in [2.24, 2.45) is 0 Å². The number of hydrogen-bond donors (Lipinski definition) is 2. The molecule has 3 heterocycles. The standard InChI is InChI=1S/C21H22ClF3O5.H4NO/c1-20(2,3)12-8-15-10(7-13(12)22)6-11(18(29-15)21(23,24)25)19(26)30-16-9-28-14-4-5-27-17(14)16;1-2/h6-8,14,16-18H,4-5,9H2,1-3H3;2H,1H3/q;+1. The zero-order chi connectivity index (χ0) is 23.8. The highest BCUT2D eigenvalue weighted by atomic mass is 35.5. The van der Waals surface area contributed by atoms with Gasteiger partial charge in [0.1, 0.15) is 11.9 Å². The largest absolute Gasteiger partial charge is 0.475 e. The number of carbonyl (C=O) groups is 1. The van der Waals surface area contributed by atoms with E-state index in [0.29, 0.717) is 23.6 Å². The number of rotatable bonds is 2. The van der Waals surface area contributed by atoms with E-state index in [4.69, 9.17) is 35.8 Å². The van der Waals surface area contributed by atoms with Crippen LogP contribution in [-0.4, -0.2) is 55.0 Å². The molecule has 0 amide bonds. The molecule has 0 aliphatic carbocycles. The summed E-state index contributed by atoms with van der Waals surface area (Å²) in [6.45, 7) is 6.23. The maximum Gasteiger partial charge on any atom is 0.430 e. The number of carbonyl (C=O) groups excluding carboxylic acids is 1. The van der Waals surface area contributed by atoms with Gasteiger partial charge in [0.25, 0.3) is 0 Å². The third-order valence-electron chi connectivity index (χ3n) is 5.46. The van der Waals surface area contributed by atoms with Crippen LogP contribution in [0.15, 0.2) is 17.7 Å². The zero-order valence-electron chi connectivity index (χ0n) is 17.9. The van der Waals surface area contributed by atoms with Crippen molar-refractivity contribution in [3.05, 3.63) is 33.9 Å². The van der Waals surface area contributed by atoms with Crippen molar-refractivity contribution in [2.75, 3.05) is 13.2 Å². The van der Waals surface area contributed by atoms with Gasteiger partial charge in [-0.2, -0.15) is 13.2 Å². The topological polar surface area (TPSA) is 102 Å². The molecule has 11 heteroatoms. The second-order valence-corrected chi connectivity index (χ2v) is 9.11. The predicted octanol–water partition coefficient (Wildman–Crippen LogP) is 3.06. The Balaban J connectivity index is 0.00000141. The Hall–Kier alpha value is -1.85. The first-order chi connectivity index (χ1) is 14.9. The summed E-state index contributed by atoms with van der Waals surface area (Å²) < 4.78 is 62.8. The molecule has 1 aromatic rings. The van der Waals surface area contributed by atoms with Crippen molar-refractivity contribution in [3.8, 4) is 5.75 Å². The molecule has 4 rings (SSSR count). The summed E-state index contributed by atoms with van der Waals surface area (Å²) in [7, 11) is 0. The highest BCUT2D eigenvalue weighted by Crippen LogP contribution is 2.42. The Bertz CT molecular complexity index is 899. The summed E-state index contributed by atoms with van der Waals surface area (Å²) >= 11 is 6.34. The lowest BCUT2D eigenvalue weighted by Crippen LogP contribution is -2.42. The van der Waals surface area contributed by atoms with E-state index in [-0.39, 0.29) is 24.0 Å². The summed E-state index contributed by atoms with van der Waals surface area (Å²) in [4.78, 5) is 12.7. The van der Waals surface area contributed by atoms with Crippen LogP contribution in [0.3, 0.4) is 0 Å². The van der Waals surface area contributed by atoms with Gasteiger partial charge in [0.05, 0.1) is 18.3 Å². The number of quaternary nitrogens is 1. The van der Waals surface area contributed by atoms with Gasteiger partial charge in [-0.05, 0) is 35.6 Å². The van der Waals surface area contributed by atoms with Gasteiger partial charge in [-0.1, -0.05) is 32.4 Å². The average molecular weight is 481 g/mol. The first-order valence-corrected chi connectivity index (χ1v) is 10.4. The van der Waals surface area contributed by atoms with Crippen LogP contribution in [0.4, 0.5) is 13.2 Å². The molecule has 2 saturated heterocycles. The molecule has 3 aliphatic heterocycles. The second-order valence-electron chi connectivity index (χ2n) is 8.70. The maximum atomic E-state index is 13.7. The van der Waals surface area contributed by atoms with Crippen molar-refractivity contribution in [1.29, 1.82) is 0 Å². The van der Waals surface area contributed by atoms with E-state index in [1.165, 1.54) is 12.1 Å². The Morgan fingerprint density at radius 2 is 1.91 bits per heavy atom. The van der Waals surface area contributed by atoms with Crippen molar-refractivity contribution in [1.82, 2.24) is 0 Å². The van der Waals surface area contributed by atoms with Gasteiger partial charge in [0.15, 0.2) is 6.10 Å². The first kappa shape index (κ1) is 24.8. The van der Waals surface area contributed by atoms with Crippen LogP contribution in [-0.2, 0) is 24.4 Å². The lowest BCUT2D eigenvalue weighted by Gasteiger charge is -2.30. The first-order valence-electron chi connectivity index (χ1n) is 10.00.